The maximum Gasteiger partial charge on any atom is 0.471 e. The van der Waals surface area contributed by atoms with Gasteiger partial charge in [0.1, 0.15) is 21.7 Å². The second-order valence-corrected chi connectivity index (χ2v) is 11.6. The van der Waals surface area contributed by atoms with Crippen molar-refractivity contribution in [1.29, 1.82) is 0 Å². The van der Waals surface area contributed by atoms with Crippen molar-refractivity contribution in [3.05, 3.63) is 91.9 Å². The molecule has 0 spiro atoms. The minimum atomic E-state index is -5.37. The van der Waals surface area contributed by atoms with Gasteiger partial charge in [0.05, 0.1) is 21.0 Å². The Hall–Kier alpha value is -2.63. The fraction of sp³-hybridized carbons (Fsp3) is 0.192. The van der Waals surface area contributed by atoms with Crippen molar-refractivity contribution in [3.8, 4) is 0 Å². The number of Topliss-reactive ketones (excluding diaryl/α,β-unsaturated/α-hetero) is 1. The van der Waals surface area contributed by atoms with Crippen LogP contribution >= 0.6 is 58.0 Å². The van der Waals surface area contributed by atoms with Gasteiger partial charge >= 0.3 is 12.1 Å². The Morgan fingerprint density at radius 2 is 1.44 bits per heavy atom. The van der Waals surface area contributed by atoms with Crippen molar-refractivity contribution in [1.82, 2.24) is 0 Å². The number of rotatable bonds is 7. The highest BCUT2D eigenvalue weighted by atomic mass is 35.5. The Labute approximate surface area is 253 Å². The Morgan fingerprint density at radius 1 is 0.829 bits per heavy atom. The van der Waals surface area contributed by atoms with Gasteiger partial charge in [0.2, 0.25) is 5.91 Å². The number of halogens is 10. The summed E-state index contributed by atoms with van der Waals surface area (Å²) >= 11 is 30.8. The first-order valence-electron chi connectivity index (χ1n) is 11.3. The Balaban J connectivity index is 1.49. The van der Waals surface area contributed by atoms with E-state index < -0.39 is 63.7 Å². The molecule has 2 atom stereocenters. The quantitative estimate of drug-likeness (QED) is 0.150. The molecule has 2 unspecified atom stereocenters. The van der Waals surface area contributed by atoms with Crippen LogP contribution in [0.1, 0.15) is 27.4 Å². The summed E-state index contributed by atoms with van der Waals surface area (Å²) in [7, 11) is 0. The lowest BCUT2D eigenvalue weighted by molar-refractivity contribution is -0.167. The molecule has 0 radical (unpaired) electrons. The number of benzene rings is 3. The summed E-state index contributed by atoms with van der Waals surface area (Å²) in [4.78, 5) is 36.9. The van der Waals surface area contributed by atoms with Gasteiger partial charge in [-0.25, -0.2) is 8.78 Å². The SMILES string of the molecule is O=C(Cc1cc(F)c(NC(=O)C(F)(F)F)c(F)c1)c1cc(NC(=O)C2C(c3ccc(Cl)c(Cl)c3)C2(Cl)Cl)ccc1Cl. The molecule has 2 N–H and O–H groups in total. The molecular weight excluding hydrogens is 661 g/mol. The van der Waals surface area contributed by atoms with Crippen molar-refractivity contribution in [2.75, 3.05) is 10.6 Å². The summed E-state index contributed by atoms with van der Waals surface area (Å²) in [6.45, 7) is 0. The average Bonchev–Trinajstić information content (AvgIpc) is 3.45. The number of hydrogen-bond acceptors (Lipinski definition) is 3. The van der Waals surface area contributed by atoms with Gasteiger partial charge in [-0.05, 0) is 53.6 Å². The normalized spacial score (nSPS) is 17.6. The fourth-order valence-electron chi connectivity index (χ4n) is 4.12. The molecule has 216 valence electrons. The first kappa shape index (κ1) is 31.3. The van der Waals surface area contributed by atoms with Crippen LogP contribution in [0.3, 0.4) is 0 Å². The van der Waals surface area contributed by atoms with E-state index in [1.165, 1.54) is 24.3 Å². The van der Waals surface area contributed by atoms with Gasteiger partial charge in [-0.15, -0.1) is 23.2 Å². The molecule has 1 aliphatic rings. The van der Waals surface area contributed by atoms with Crippen molar-refractivity contribution in [3.63, 3.8) is 0 Å². The molecule has 0 aliphatic heterocycles. The van der Waals surface area contributed by atoms with Gasteiger partial charge in [-0.1, -0.05) is 40.9 Å². The molecule has 0 bridgehead atoms. The van der Waals surface area contributed by atoms with E-state index in [4.69, 9.17) is 58.0 Å². The van der Waals surface area contributed by atoms with E-state index >= 15 is 0 Å². The lowest BCUT2D eigenvalue weighted by Crippen LogP contribution is -2.30. The first-order valence-corrected chi connectivity index (χ1v) is 13.2. The van der Waals surface area contributed by atoms with Gasteiger partial charge in [-0.3, -0.25) is 14.4 Å². The summed E-state index contributed by atoms with van der Waals surface area (Å²) in [5, 5.41) is 4.22. The zero-order valence-electron chi connectivity index (χ0n) is 20.0. The predicted molar refractivity (Wildman–Crippen MR) is 146 cm³/mol. The predicted octanol–water partition coefficient (Wildman–Crippen LogP) is 8.38. The fourth-order valence-corrected chi connectivity index (χ4v) is 5.48. The molecule has 1 saturated carbocycles. The second kappa shape index (κ2) is 11.6. The van der Waals surface area contributed by atoms with E-state index in [9.17, 15) is 36.3 Å². The lowest BCUT2D eigenvalue weighted by Gasteiger charge is -2.12. The number of alkyl halides is 5. The van der Waals surface area contributed by atoms with Crippen LogP contribution in [0.25, 0.3) is 0 Å². The molecule has 0 aromatic heterocycles. The van der Waals surface area contributed by atoms with Crippen molar-refractivity contribution >= 4 is 87.0 Å². The zero-order valence-corrected chi connectivity index (χ0v) is 23.8. The number of anilines is 2. The van der Waals surface area contributed by atoms with Crippen LogP contribution in [0.2, 0.25) is 15.1 Å². The number of nitrogens with one attached hydrogen (secondary N) is 2. The molecular formula is C26H14Cl5F5N2O3. The first-order chi connectivity index (χ1) is 19.0. The number of ketones is 1. The zero-order chi connectivity index (χ0) is 30.4. The standard InChI is InChI=1S/C26H14Cl5F5N2O3/c27-14-4-2-12(37-23(40)21-20(25(21,30)31)11-1-3-15(28)16(29)8-11)9-13(14)19(39)7-10-5-17(32)22(18(33)6-10)38-24(41)26(34,35)36/h1-6,8-9,20-21H,7H2,(H,37,40)(H,38,41). The van der Waals surface area contributed by atoms with Gasteiger partial charge < -0.3 is 10.6 Å². The van der Waals surface area contributed by atoms with Crippen LogP contribution in [0.5, 0.6) is 0 Å². The van der Waals surface area contributed by atoms with Crippen molar-refractivity contribution in [2.24, 2.45) is 5.92 Å². The van der Waals surface area contributed by atoms with Crippen LogP contribution in [0, 0.1) is 17.6 Å². The molecule has 41 heavy (non-hydrogen) atoms. The molecule has 3 aromatic rings. The largest absolute Gasteiger partial charge is 0.471 e. The number of amides is 2. The number of hydrogen-bond donors (Lipinski definition) is 2. The van der Waals surface area contributed by atoms with Crippen LogP contribution in [-0.4, -0.2) is 28.1 Å². The lowest BCUT2D eigenvalue weighted by atomic mass is 10.0. The molecule has 0 saturated heterocycles. The van der Waals surface area contributed by atoms with E-state index in [0.29, 0.717) is 22.7 Å². The molecule has 2 amide bonds. The monoisotopic (exact) mass is 672 g/mol. The molecule has 1 aliphatic carbocycles. The van der Waals surface area contributed by atoms with Gasteiger partial charge in [0, 0.05) is 23.6 Å². The van der Waals surface area contributed by atoms with Crippen LogP contribution in [0.4, 0.5) is 33.3 Å². The second-order valence-electron chi connectivity index (χ2n) is 8.97. The van der Waals surface area contributed by atoms with E-state index in [1.807, 2.05) is 0 Å². The third-order valence-corrected chi connectivity index (χ3v) is 8.14. The van der Waals surface area contributed by atoms with Gasteiger partial charge in [0.25, 0.3) is 0 Å². The van der Waals surface area contributed by atoms with E-state index in [-0.39, 0.29) is 26.9 Å². The molecule has 1 fully saturated rings. The third kappa shape index (κ3) is 6.73. The van der Waals surface area contributed by atoms with Crippen LogP contribution in [0.15, 0.2) is 48.5 Å². The maximum atomic E-state index is 14.3. The molecule has 0 heterocycles. The van der Waals surface area contributed by atoms with Crippen LogP contribution < -0.4 is 10.6 Å². The molecule has 3 aromatic carbocycles. The van der Waals surface area contributed by atoms with E-state index in [1.54, 1.807) is 12.1 Å². The molecule has 4 rings (SSSR count). The highest BCUT2D eigenvalue weighted by molar-refractivity contribution is 6.53. The Bertz CT molecular complexity index is 1560. The summed E-state index contributed by atoms with van der Waals surface area (Å²) in [6, 6.07) is 9.85. The summed E-state index contributed by atoms with van der Waals surface area (Å²) in [6.07, 6.45) is -5.99. The average molecular weight is 675 g/mol. The smallest absolute Gasteiger partial charge is 0.326 e. The van der Waals surface area contributed by atoms with Gasteiger partial charge in [0.15, 0.2) is 5.78 Å². The summed E-state index contributed by atoms with van der Waals surface area (Å²) < 4.78 is 64.4. The Morgan fingerprint density at radius 3 is 2.02 bits per heavy atom. The van der Waals surface area contributed by atoms with E-state index in [0.717, 1.165) is 5.32 Å². The van der Waals surface area contributed by atoms with E-state index in [2.05, 4.69) is 5.32 Å². The topological polar surface area (TPSA) is 75.3 Å². The summed E-state index contributed by atoms with van der Waals surface area (Å²) in [5.74, 6) is -8.43. The molecule has 15 heteroatoms. The number of carbonyl (C=O) groups excluding carboxylic acids is 3. The van der Waals surface area contributed by atoms with Gasteiger partial charge in [-0.2, -0.15) is 13.2 Å². The third-order valence-electron chi connectivity index (χ3n) is 6.14. The van der Waals surface area contributed by atoms with Crippen molar-refractivity contribution < 1.29 is 36.3 Å². The highest BCUT2D eigenvalue weighted by Gasteiger charge is 2.67. The Kier molecular flexibility index (Phi) is 8.83. The van der Waals surface area contributed by atoms with Crippen molar-refractivity contribution in [2.45, 2.75) is 22.8 Å². The van der Waals surface area contributed by atoms with Crippen LogP contribution in [-0.2, 0) is 16.0 Å². The minimum Gasteiger partial charge on any atom is -0.326 e. The number of carbonyl (C=O) groups is 3. The maximum absolute atomic E-state index is 14.3. The minimum absolute atomic E-state index is 0.0489. The summed E-state index contributed by atoms with van der Waals surface area (Å²) in [5.41, 5.74) is -0.981. The highest BCUT2D eigenvalue weighted by Crippen LogP contribution is 2.65. The molecule has 5 nitrogen and oxygen atoms in total.